The van der Waals surface area contributed by atoms with Gasteiger partial charge >= 0.3 is 0 Å². The van der Waals surface area contributed by atoms with Crippen LogP contribution < -0.4 is 5.32 Å². The summed E-state index contributed by atoms with van der Waals surface area (Å²) >= 11 is 0. The maximum Gasteiger partial charge on any atom is 0.228 e. The van der Waals surface area contributed by atoms with E-state index in [2.05, 4.69) is 10.3 Å². The lowest BCUT2D eigenvalue weighted by Crippen LogP contribution is -2.42. The lowest BCUT2D eigenvalue weighted by atomic mass is 9.95. The number of hydrogen-bond acceptors (Lipinski definition) is 3. The Balaban J connectivity index is 1.50. The summed E-state index contributed by atoms with van der Waals surface area (Å²) in [5.41, 5.74) is 0. The van der Waals surface area contributed by atoms with E-state index in [4.69, 9.17) is 0 Å². The maximum atomic E-state index is 12.1. The molecule has 2 amide bonds. The van der Waals surface area contributed by atoms with Gasteiger partial charge in [0.25, 0.3) is 0 Å². The van der Waals surface area contributed by atoms with Gasteiger partial charge in [0.05, 0.1) is 0 Å². The van der Waals surface area contributed by atoms with Crippen molar-refractivity contribution in [2.24, 2.45) is 11.8 Å². The van der Waals surface area contributed by atoms with Crippen LogP contribution in [0.1, 0.15) is 25.7 Å². The number of likely N-dealkylation sites (tertiary alicyclic amines) is 1. The minimum absolute atomic E-state index is 0.0136. The van der Waals surface area contributed by atoms with Gasteiger partial charge in [-0.2, -0.15) is 0 Å². The predicted octanol–water partition coefficient (Wildman–Crippen LogP) is 1.67. The number of pyridine rings is 1. The highest BCUT2D eigenvalue weighted by atomic mass is 16.2. The summed E-state index contributed by atoms with van der Waals surface area (Å²) in [5.74, 6) is 1.15. The molecule has 1 aliphatic heterocycles. The molecule has 0 spiro atoms. The average molecular weight is 273 g/mol. The summed E-state index contributed by atoms with van der Waals surface area (Å²) in [6.45, 7) is 1.41. The maximum absolute atomic E-state index is 12.1. The lowest BCUT2D eigenvalue weighted by Gasteiger charge is -2.31. The Hall–Kier alpha value is -1.91. The fourth-order valence-corrected chi connectivity index (χ4v) is 2.62. The molecular weight excluding hydrogens is 254 g/mol. The number of carbonyl (C=O) groups excluding carboxylic acids is 2. The molecule has 0 unspecified atom stereocenters. The first kappa shape index (κ1) is 13.1. The monoisotopic (exact) mass is 273 g/mol. The van der Waals surface area contributed by atoms with Crippen LogP contribution in [0.3, 0.4) is 0 Å². The smallest absolute Gasteiger partial charge is 0.228 e. The van der Waals surface area contributed by atoms with Crippen LogP contribution in [0.25, 0.3) is 0 Å². The molecule has 2 fully saturated rings. The van der Waals surface area contributed by atoms with Crippen LogP contribution in [0.4, 0.5) is 5.82 Å². The molecule has 5 heteroatoms. The van der Waals surface area contributed by atoms with E-state index in [1.54, 1.807) is 12.3 Å². The van der Waals surface area contributed by atoms with Gasteiger partial charge in [0.2, 0.25) is 11.8 Å². The molecule has 0 radical (unpaired) electrons. The summed E-state index contributed by atoms with van der Waals surface area (Å²) in [5, 5.41) is 2.84. The van der Waals surface area contributed by atoms with Crippen molar-refractivity contribution < 1.29 is 9.59 Å². The first-order valence-corrected chi connectivity index (χ1v) is 7.25. The van der Waals surface area contributed by atoms with Gasteiger partial charge in [0.15, 0.2) is 0 Å². The van der Waals surface area contributed by atoms with E-state index in [0.29, 0.717) is 18.9 Å². The van der Waals surface area contributed by atoms with Crippen molar-refractivity contribution in [3.63, 3.8) is 0 Å². The summed E-state index contributed by atoms with van der Waals surface area (Å²) in [4.78, 5) is 30.1. The number of nitrogens with zero attached hydrogens (tertiary/aromatic N) is 2. The van der Waals surface area contributed by atoms with Crippen LogP contribution in [0, 0.1) is 11.8 Å². The van der Waals surface area contributed by atoms with Crippen molar-refractivity contribution in [2.45, 2.75) is 25.7 Å². The summed E-state index contributed by atoms with van der Waals surface area (Å²) in [6, 6.07) is 5.45. The molecule has 0 bridgehead atoms. The number of hydrogen-bond donors (Lipinski definition) is 1. The second-order valence-electron chi connectivity index (χ2n) is 5.58. The van der Waals surface area contributed by atoms with Crippen molar-refractivity contribution in [3.05, 3.63) is 24.4 Å². The number of amides is 2. The molecule has 3 rings (SSSR count). The van der Waals surface area contributed by atoms with E-state index >= 15 is 0 Å². The molecule has 1 N–H and O–H groups in total. The zero-order chi connectivity index (χ0) is 13.9. The Kier molecular flexibility index (Phi) is 3.67. The van der Waals surface area contributed by atoms with E-state index < -0.39 is 0 Å². The number of carbonyl (C=O) groups is 2. The van der Waals surface area contributed by atoms with Crippen molar-refractivity contribution in [1.82, 2.24) is 9.88 Å². The SMILES string of the molecule is O=C(Nc1ccccn1)C1CCN(C(=O)C2CC2)CC1. The van der Waals surface area contributed by atoms with E-state index in [1.807, 2.05) is 17.0 Å². The molecule has 1 aliphatic carbocycles. The average Bonchev–Trinajstić information content (AvgIpc) is 3.32. The van der Waals surface area contributed by atoms with Gasteiger partial charge in [-0.3, -0.25) is 9.59 Å². The minimum atomic E-state index is -0.0136. The highest BCUT2D eigenvalue weighted by Gasteiger charge is 2.35. The fraction of sp³-hybridized carbons (Fsp3) is 0.533. The van der Waals surface area contributed by atoms with E-state index in [1.165, 1.54) is 0 Å². The molecule has 2 aliphatic rings. The van der Waals surface area contributed by atoms with Crippen LogP contribution in [0.5, 0.6) is 0 Å². The Labute approximate surface area is 118 Å². The van der Waals surface area contributed by atoms with Crippen molar-refractivity contribution in [3.8, 4) is 0 Å². The molecule has 1 saturated heterocycles. The zero-order valence-corrected chi connectivity index (χ0v) is 11.4. The largest absolute Gasteiger partial charge is 0.342 e. The number of piperidine rings is 1. The number of nitrogens with one attached hydrogen (secondary N) is 1. The fourth-order valence-electron chi connectivity index (χ4n) is 2.62. The van der Waals surface area contributed by atoms with Crippen molar-refractivity contribution >= 4 is 17.6 Å². The van der Waals surface area contributed by atoms with E-state index in [9.17, 15) is 9.59 Å². The minimum Gasteiger partial charge on any atom is -0.342 e. The topological polar surface area (TPSA) is 62.3 Å². The normalized spacial score (nSPS) is 19.7. The number of aromatic nitrogens is 1. The van der Waals surface area contributed by atoms with Crippen LogP contribution >= 0.6 is 0 Å². The van der Waals surface area contributed by atoms with Gasteiger partial charge < -0.3 is 10.2 Å². The lowest BCUT2D eigenvalue weighted by molar-refractivity contribution is -0.135. The second kappa shape index (κ2) is 5.61. The molecule has 0 aromatic carbocycles. The molecular formula is C15H19N3O2. The molecule has 2 heterocycles. The van der Waals surface area contributed by atoms with E-state index in [0.717, 1.165) is 25.7 Å². The standard InChI is InChI=1S/C15H19N3O2/c19-14(17-13-3-1-2-8-16-13)11-6-9-18(10-7-11)15(20)12-4-5-12/h1-3,8,11-12H,4-7,9-10H2,(H,16,17,19). The molecule has 106 valence electrons. The summed E-state index contributed by atoms with van der Waals surface area (Å²) < 4.78 is 0. The van der Waals surface area contributed by atoms with Gasteiger partial charge in [-0.1, -0.05) is 6.07 Å². The highest BCUT2D eigenvalue weighted by Crippen LogP contribution is 2.32. The number of anilines is 1. The Morgan fingerprint density at radius 3 is 2.45 bits per heavy atom. The molecule has 1 aromatic rings. The number of rotatable bonds is 3. The summed E-state index contributed by atoms with van der Waals surface area (Å²) in [6.07, 6.45) is 5.23. The van der Waals surface area contributed by atoms with Crippen LogP contribution in [0.2, 0.25) is 0 Å². The summed E-state index contributed by atoms with van der Waals surface area (Å²) in [7, 11) is 0. The van der Waals surface area contributed by atoms with Crippen LogP contribution in [0.15, 0.2) is 24.4 Å². The second-order valence-corrected chi connectivity index (χ2v) is 5.58. The van der Waals surface area contributed by atoms with Crippen molar-refractivity contribution in [1.29, 1.82) is 0 Å². The van der Waals surface area contributed by atoms with E-state index in [-0.39, 0.29) is 23.7 Å². The zero-order valence-electron chi connectivity index (χ0n) is 11.4. The Bertz CT molecular complexity index is 491. The third kappa shape index (κ3) is 2.98. The van der Waals surface area contributed by atoms with Gasteiger partial charge in [0.1, 0.15) is 5.82 Å². The Morgan fingerprint density at radius 2 is 1.85 bits per heavy atom. The van der Waals surface area contributed by atoms with Crippen molar-refractivity contribution in [2.75, 3.05) is 18.4 Å². The molecule has 20 heavy (non-hydrogen) atoms. The first-order valence-electron chi connectivity index (χ1n) is 7.25. The first-order chi connectivity index (χ1) is 9.74. The molecule has 0 atom stereocenters. The Morgan fingerprint density at radius 1 is 1.10 bits per heavy atom. The van der Waals surface area contributed by atoms with Crippen LogP contribution in [-0.2, 0) is 9.59 Å². The highest BCUT2D eigenvalue weighted by molar-refractivity contribution is 5.92. The molecule has 1 saturated carbocycles. The molecule has 5 nitrogen and oxygen atoms in total. The molecule has 1 aromatic heterocycles. The third-order valence-corrected chi connectivity index (χ3v) is 4.02. The third-order valence-electron chi connectivity index (χ3n) is 4.02. The van der Waals surface area contributed by atoms with Crippen LogP contribution in [-0.4, -0.2) is 34.8 Å². The van der Waals surface area contributed by atoms with Gasteiger partial charge in [0, 0.05) is 31.1 Å². The van der Waals surface area contributed by atoms with Gasteiger partial charge in [-0.15, -0.1) is 0 Å². The quantitative estimate of drug-likeness (QED) is 0.911. The van der Waals surface area contributed by atoms with Gasteiger partial charge in [-0.05, 0) is 37.8 Å². The van der Waals surface area contributed by atoms with Gasteiger partial charge in [-0.25, -0.2) is 4.98 Å². The predicted molar refractivity (Wildman–Crippen MR) is 74.9 cm³/mol.